The molecule has 0 saturated heterocycles. The van der Waals surface area contributed by atoms with E-state index in [1.54, 1.807) is 36.4 Å². The highest BCUT2D eigenvalue weighted by Gasteiger charge is 2.40. The number of carbonyl (C=O) groups is 1. The van der Waals surface area contributed by atoms with Crippen LogP contribution in [0.2, 0.25) is 5.02 Å². The van der Waals surface area contributed by atoms with Crippen LogP contribution in [-0.4, -0.2) is 29.3 Å². The molecular formula is C17H18ClN3O3S. The smallest absolute Gasteiger partial charge is 0.274 e. The van der Waals surface area contributed by atoms with E-state index in [9.17, 15) is 13.2 Å². The molecule has 0 N–H and O–H groups in total. The molecule has 0 atom stereocenters. The van der Waals surface area contributed by atoms with Crippen molar-refractivity contribution in [1.82, 2.24) is 8.28 Å². The zero-order chi connectivity index (χ0) is 18.2. The van der Waals surface area contributed by atoms with Crippen molar-refractivity contribution in [2.45, 2.75) is 20.4 Å². The van der Waals surface area contributed by atoms with Crippen molar-refractivity contribution in [3.63, 3.8) is 0 Å². The molecule has 0 unspecified atom stereocenters. The number of nitrogens with zero attached hydrogens (tertiary/aromatic N) is 3. The van der Waals surface area contributed by atoms with Crippen LogP contribution in [0.1, 0.15) is 19.4 Å². The molecule has 0 bridgehead atoms. The lowest BCUT2D eigenvalue weighted by molar-refractivity contribution is 0.226. The Morgan fingerprint density at radius 2 is 1.96 bits per heavy atom. The van der Waals surface area contributed by atoms with Crippen LogP contribution in [0.3, 0.4) is 0 Å². The lowest BCUT2D eigenvalue weighted by atomic mass is 10.2. The molecule has 0 saturated carbocycles. The standard InChI is InChI=1S/C17H18ClN3O3S/c1-13(2)8-10-19-16-7-4-9-20(16)25(23,24)21(17(19)22)12-14-5-3-6-15(18)11-14/h3-9,11H,10,12H2,1-2H3. The fourth-order valence-corrected chi connectivity index (χ4v) is 4.25. The third-order valence-electron chi connectivity index (χ3n) is 3.84. The number of aromatic nitrogens is 1. The highest BCUT2D eigenvalue weighted by Crippen LogP contribution is 2.29. The molecule has 6 nitrogen and oxygen atoms in total. The second kappa shape index (κ2) is 6.57. The van der Waals surface area contributed by atoms with Crippen molar-refractivity contribution < 1.29 is 13.2 Å². The Kier molecular flexibility index (Phi) is 4.62. The number of fused-ring (bicyclic) bond motifs is 1. The van der Waals surface area contributed by atoms with Crippen molar-refractivity contribution in [3.05, 3.63) is 64.8 Å². The summed E-state index contributed by atoms with van der Waals surface area (Å²) in [4.78, 5) is 14.3. The van der Waals surface area contributed by atoms with Gasteiger partial charge in [-0.2, -0.15) is 12.7 Å². The molecule has 8 heteroatoms. The number of hydrogen-bond donors (Lipinski definition) is 0. The van der Waals surface area contributed by atoms with Crippen molar-refractivity contribution in [2.75, 3.05) is 11.4 Å². The van der Waals surface area contributed by atoms with Gasteiger partial charge in [0.25, 0.3) is 0 Å². The first-order valence-corrected chi connectivity index (χ1v) is 9.48. The van der Waals surface area contributed by atoms with Crippen molar-refractivity contribution >= 4 is 33.7 Å². The Morgan fingerprint density at radius 3 is 2.64 bits per heavy atom. The van der Waals surface area contributed by atoms with Crippen molar-refractivity contribution in [2.24, 2.45) is 0 Å². The summed E-state index contributed by atoms with van der Waals surface area (Å²) in [5, 5.41) is 0.488. The zero-order valence-corrected chi connectivity index (χ0v) is 15.5. The van der Waals surface area contributed by atoms with E-state index in [0.29, 0.717) is 22.9 Å². The maximum Gasteiger partial charge on any atom is 0.341 e. The molecule has 2 heterocycles. The van der Waals surface area contributed by atoms with Crippen LogP contribution in [-0.2, 0) is 16.8 Å². The molecule has 0 spiro atoms. The first-order chi connectivity index (χ1) is 11.8. The topological polar surface area (TPSA) is 62.6 Å². The quantitative estimate of drug-likeness (QED) is 0.762. The van der Waals surface area contributed by atoms with E-state index in [-0.39, 0.29) is 6.54 Å². The minimum atomic E-state index is -3.98. The number of hydrogen-bond acceptors (Lipinski definition) is 3. The Hall–Kier alpha value is -2.25. The second-order valence-electron chi connectivity index (χ2n) is 5.98. The lowest BCUT2D eigenvalue weighted by Crippen LogP contribution is -2.53. The molecule has 0 aliphatic carbocycles. The van der Waals surface area contributed by atoms with Crippen LogP contribution in [0.25, 0.3) is 0 Å². The number of anilines is 1. The third-order valence-corrected chi connectivity index (χ3v) is 5.72. The summed E-state index contributed by atoms with van der Waals surface area (Å²) >= 11 is 5.97. The maximum absolute atomic E-state index is 12.9. The Morgan fingerprint density at radius 1 is 1.20 bits per heavy atom. The average molecular weight is 380 g/mol. The van der Waals surface area contributed by atoms with Gasteiger partial charge >= 0.3 is 16.2 Å². The Balaban J connectivity index is 2.03. The van der Waals surface area contributed by atoms with Crippen molar-refractivity contribution in [3.8, 4) is 0 Å². The third kappa shape index (κ3) is 3.29. The van der Waals surface area contributed by atoms with Crippen LogP contribution in [0.4, 0.5) is 10.6 Å². The average Bonchev–Trinajstić information content (AvgIpc) is 3.02. The molecule has 0 fully saturated rings. The van der Waals surface area contributed by atoms with Crippen LogP contribution in [0.5, 0.6) is 0 Å². The van der Waals surface area contributed by atoms with Gasteiger partial charge in [0, 0.05) is 17.8 Å². The van der Waals surface area contributed by atoms with Gasteiger partial charge in [-0.1, -0.05) is 35.4 Å². The van der Waals surface area contributed by atoms with E-state index in [0.717, 1.165) is 13.9 Å². The molecule has 2 aromatic rings. The monoisotopic (exact) mass is 379 g/mol. The van der Waals surface area contributed by atoms with Gasteiger partial charge in [0.1, 0.15) is 5.82 Å². The number of carbonyl (C=O) groups excluding carboxylic acids is 1. The number of allylic oxidation sites excluding steroid dienone is 1. The van der Waals surface area contributed by atoms with Crippen molar-refractivity contribution in [1.29, 1.82) is 0 Å². The minimum Gasteiger partial charge on any atom is -0.274 e. The zero-order valence-electron chi connectivity index (χ0n) is 13.9. The predicted octanol–water partition coefficient (Wildman–Crippen LogP) is 3.64. The Labute approximate surface area is 152 Å². The summed E-state index contributed by atoms with van der Waals surface area (Å²) in [6, 6.07) is 9.45. The molecule has 0 radical (unpaired) electrons. The lowest BCUT2D eigenvalue weighted by Gasteiger charge is -2.35. The van der Waals surface area contributed by atoms with E-state index in [2.05, 4.69) is 0 Å². The van der Waals surface area contributed by atoms with Gasteiger partial charge < -0.3 is 0 Å². The van der Waals surface area contributed by atoms with Crippen LogP contribution < -0.4 is 4.90 Å². The fourth-order valence-electron chi connectivity index (χ4n) is 2.59. The first-order valence-electron chi connectivity index (χ1n) is 7.70. The number of benzene rings is 1. The highest BCUT2D eigenvalue weighted by molar-refractivity contribution is 7.88. The molecule has 1 aromatic carbocycles. The SMILES string of the molecule is CC(C)=CCN1C(=O)N(Cc2cccc(Cl)c2)S(=O)(=O)n2cccc21. The van der Waals surface area contributed by atoms with Gasteiger partial charge in [0.05, 0.1) is 6.54 Å². The van der Waals surface area contributed by atoms with E-state index in [4.69, 9.17) is 11.6 Å². The first kappa shape index (κ1) is 17.6. The Bertz CT molecular complexity index is 946. The summed E-state index contributed by atoms with van der Waals surface area (Å²) in [5.41, 5.74) is 1.68. The molecule has 2 amide bonds. The molecule has 1 aliphatic rings. The van der Waals surface area contributed by atoms with Crippen LogP contribution in [0, 0.1) is 0 Å². The maximum atomic E-state index is 12.9. The van der Waals surface area contributed by atoms with Gasteiger partial charge in [0.2, 0.25) is 0 Å². The van der Waals surface area contributed by atoms with E-state index in [1.165, 1.54) is 11.1 Å². The molecule has 132 valence electrons. The number of halogens is 1. The minimum absolute atomic E-state index is 0.0787. The van der Waals surface area contributed by atoms with E-state index in [1.807, 2.05) is 19.9 Å². The van der Waals surface area contributed by atoms with Gasteiger partial charge in [-0.05, 0) is 43.7 Å². The second-order valence-corrected chi connectivity index (χ2v) is 8.15. The normalized spacial score (nSPS) is 15.9. The molecule has 25 heavy (non-hydrogen) atoms. The number of rotatable bonds is 4. The van der Waals surface area contributed by atoms with E-state index >= 15 is 0 Å². The summed E-state index contributed by atoms with van der Waals surface area (Å²) in [5.74, 6) is 0.338. The van der Waals surface area contributed by atoms with Crippen LogP contribution >= 0.6 is 11.6 Å². The van der Waals surface area contributed by atoms with E-state index < -0.39 is 16.2 Å². The van der Waals surface area contributed by atoms with Gasteiger partial charge in [0.15, 0.2) is 0 Å². The molecule has 1 aliphatic heterocycles. The fraction of sp³-hybridized carbons (Fsp3) is 0.235. The van der Waals surface area contributed by atoms with Gasteiger partial charge in [-0.25, -0.2) is 8.77 Å². The van der Waals surface area contributed by atoms with Crippen LogP contribution in [0.15, 0.2) is 54.2 Å². The largest absolute Gasteiger partial charge is 0.341 e. The summed E-state index contributed by atoms with van der Waals surface area (Å²) in [6.07, 6.45) is 3.32. The molecule has 3 rings (SSSR count). The number of amides is 2. The highest BCUT2D eigenvalue weighted by atomic mass is 35.5. The molecular weight excluding hydrogens is 362 g/mol. The molecule has 1 aromatic heterocycles. The number of urea groups is 1. The van der Waals surface area contributed by atoms with Gasteiger partial charge in [-0.15, -0.1) is 0 Å². The summed E-state index contributed by atoms with van der Waals surface area (Å²) < 4.78 is 27.7. The van der Waals surface area contributed by atoms with Gasteiger partial charge in [-0.3, -0.25) is 4.90 Å². The summed E-state index contributed by atoms with van der Waals surface area (Å²) in [7, 11) is -3.98. The summed E-state index contributed by atoms with van der Waals surface area (Å²) in [6.45, 7) is 4.07. The predicted molar refractivity (Wildman–Crippen MR) is 97.9 cm³/mol.